The third-order valence-electron chi connectivity index (χ3n) is 2.70. The lowest BCUT2D eigenvalue weighted by atomic mass is 10.1. The Hall–Kier alpha value is -2.21. The van der Waals surface area contributed by atoms with Gasteiger partial charge in [0.1, 0.15) is 5.00 Å². The van der Waals surface area contributed by atoms with Crippen LogP contribution in [-0.4, -0.2) is 22.0 Å². The Morgan fingerprint density at radius 2 is 2.25 bits per heavy atom. The summed E-state index contributed by atoms with van der Waals surface area (Å²) in [5.74, 6) is -1.23. The summed E-state index contributed by atoms with van der Waals surface area (Å²) in [6, 6.07) is 5.28. The monoisotopic (exact) mass is 290 g/mol. The van der Waals surface area contributed by atoms with E-state index in [4.69, 9.17) is 5.11 Å². The first-order chi connectivity index (χ1) is 9.56. The van der Waals surface area contributed by atoms with E-state index in [9.17, 15) is 9.59 Å². The van der Waals surface area contributed by atoms with E-state index < -0.39 is 5.97 Å². The summed E-state index contributed by atoms with van der Waals surface area (Å²) in [5, 5.41) is 12.1. The molecule has 2 heterocycles. The highest BCUT2D eigenvalue weighted by Gasteiger charge is 2.15. The summed E-state index contributed by atoms with van der Waals surface area (Å²) < 4.78 is 0. The number of carbonyl (C=O) groups is 2. The molecule has 0 fully saturated rings. The van der Waals surface area contributed by atoms with E-state index >= 15 is 0 Å². The quantitative estimate of drug-likeness (QED) is 0.887. The van der Waals surface area contributed by atoms with Crippen molar-refractivity contribution >= 4 is 28.2 Å². The Kier molecular flexibility index (Phi) is 4.47. The molecule has 5 nitrogen and oxygen atoms in total. The van der Waals surface area contributed by atoms with E-state index in [1.54, 1.807) is 18.5 Å². The number of nitrogens with zero attached hydrogens (tertiary/aromatic N) is 1. The molecular formula is C14H14N2O3S. The van der Waals surface area contributed by atoms with Gasteiger partial charge in [-0.25, -0.2) is 4.79 Å². The molecule has 2 aromatic rings. The van der Waals surface area contributed by atoms with Crippen LogP contribution in [0.4, 0.5) is 5.00 Å². The summed E-state index contributed by atoms with van der Waals surface area (Å²) >= 11 is 1.27. The highest BCUT2D eigenvalue weighted by Crippen LogP contribution is 2.27. The molecule has 20 heavy (non-hydrogen) atoms. The molecule has 0 aromatic carbocycles. The second kappa shape index (κ2) is 6.29. The van der Waals surface area contributed by atoms with Crippen molar-refractivity contribution in [2.24, 2.45) is 0 Å². The number of anilines is 1. The Morgan fingerprint density at radius 3 is 2.90 bits per heavy atom. The van der Waals surface area contributed by atoms with Crippen molar-refractivity contribution in [2.75, 3.05) is 5.32 Å². The molecule has 0 unspecified atom stereocenters. The number of aromatic nitrogens is 1. The van der Waals surface area contributed by atoms with Crippen LogP contribution in [0.5, 0.6) is 0 Å². The van der Waals surface area contributed by atoms with E-state index in [2.05, 4.69) is 10.3 Å². The van der Waals surface area contributed by atoms with Crippen molar-refractivity contribution in [3.8, 4) is 0 Å². The first kappa shape index (κ1) is 14.2. The van der Waals surface area contributed by atoms with Crippen LogP contribution in [0.1, 0.15) is 27.2 Å². The summed E-state index contributed by atoms with van der Waals surface area (Å²) in [5.41, 5.74) is 1.12. The fourth-order valence-corrected chi connectivity index (χ4v) is 2.68. The SMILES string of the molecule is Cc1cc(C(=O)O)c(NC(=O)CCc2cccnc2)s1. The van der Waals surface area contributed by atoms with E-state index in [-0.39, 0.29) is 11.5 Å². The molecule has 1 amide bonds. The number of aryl methyl sites for hydroxylation is 2. The molecule has 0 atom stereocenters. The van der Waals surface area contributed by atoms with Gasteiger partial charge in [-0.3, -0.25) is 9.78 Å². The normalized spacial score (nSPS) is 10.2. The highest BCUT2D eigenvalue weighted by atomic mass is 32.1. The molecule has 0 saturated carbocycles. The van der Waals surface area contributed by atoms with Crippen molar-refractivity contribution in [1.29, 1.82) is 0 Å². The van der Waals surface area contributed by atoms with Crippen molar-refractivity contribution in [3.63, 3.8) is 0 Å². The lowest BCUT2D eigenvalue weighted by Crippen LogP contribution is -2.13. The van der Waals surface area contributed by atoms with Crippen LogP contribution in [0.25, 0.3) is 0 Å². The minimum atomic E-state index is -1.03. The van der Waals surface area contributed by atoms with Gasteiger partial charge in [0.25, 0.3) is 0 Å². The second-order valence-corrected chi connectivity index (χ2v) is 5.57. The average Bonchev–Trinajstić information content (AvgIpc) is 2.79. The van der Waals surface area contributed by atoms with E-state index in [0.717, 1.165) is 10.4 Å². The predicted octanol–water partition coefficient (Wildman–Crippen LogP) is 2.72. The Balaban J connectivity index is 1.96. The van der Waals surface area contributed by atoms with Gasteiger partial charge < -0.3 is 10.4 Å². The van der Waals surface area contributed by atoms with Gasteiger partial charge in [0.05, 0.1) is 5.56 Å². The summed E-state index contributed by atoms with van der Waals surface area (Å²) in [6.45, 7) is 1.81. The first-order valence-electron chi connectivity index (χ1n) is 6.08. The van der Waals surface area contributed by atoms with Crippen LogP contribution >= 0.6 is 11.3 Å². The molecular weight excluding hydrogens is 276 g/mol. The maximum Gasteiger partial charge on any atom is 0.338 e. The zero-order chi connectivity index (χ0) is 14.5. The Labute approximate surface area is 120 Å². The molecule has 0 aliphatic rings. The number of amides is 1. The van der Waals surface area contributed by atoms with Gasteiger partial charge in [-0.2, -0.15) is 0 Å². The molecule has 2 N–H and O–H groups in total. The van der Waals surface area contributed by atoms with Gasteiger partial charge in [0, 0.05) is 23.7 Å². The number of pyridine rings is 1. The van der Waals surface area contributed by atoms with Gasteiger partial charge in [-0.1, -0.05) is 6.07 Å². The maximum atomic E-state index is 11.9. The van der Waals surface area contributed by atoms with Crippen molar-refractivity contribution < 1.29 is 14.7 Å². The molecule has 2 rings (SSSR count). The van der Waals surface area contributed by atoms with Crippen LogP contribution in [0.3, 0.4) is 0 Å². The number of nitrogens with one attached hydrogen (secondary N) is 1. The molecule has 0 radical (unpaired) electrons. The number of aromatic carboxylic acids is 1. The number of thiophene rings is 1. The van der Waals surface area contributed by atoms with E-state index in [0.29, 0.717) is 17.8 Å². The minimum Gasteiger partial charge on any atom is -0.478 e. The van der Waals surface area contributed by atoms with Crippen LogP contribution < -0.4 is 5.32 Å². The molecule has 0 aliphatic heterocycles. The summed E-state index contributed by atoms with van der Waals surface area (Å²) in [6.07, 6.45) is 4.26. The fourth-order valence-electron chi connectivity index (χ4n) is 1.76. The highest BCUT2D eigenvalue weighted by molar-refractivity contribution is 7.16. The van der Waals surface area contributed by atoms with Gasteiger partial charge in [-0.15, -0.1) is 11.3 Å². The molecule has 0 bridgehead atoms. The second-order valence-electron chi connectivity index (χ2n) is 4.31. The average molecular weight is 290 g/mol. The zero-order valence-corrected chi connectivity index (χ0v) is 11.7. The van der Waals surface area contributed by atoms with Crippen molar-refractivity contribution in [3.05, 3.63) is 46.6 Å². The zero-order valence-electron chi connectivity index (χ0n) is 10.9. The molecule has 0 saturated heterocycles. The summed E-state index contributed by atoms with van der Waals surface area (Å²) in [7, 11) is 0. The molecule has 2 aromatic heterocycles. The summed E-state index contributed by atoms with van der Waals surface area (Å²) in [4.78, 5) is 27.7. The Morgan fingerprint density at radius 1 is 1.45 bits per heavy atom. The molecule has 0 spiro atoms. The smallest absolute Gasteiger partial charge is 0.338 e. The standard InChI is InChI=1S/C14H14N2O3S/c1-9-7-11(14(18)19)13(20-9)16-12(17)5-4-10-3-2-6-15-8-10/h2-3,6-8H,4-5H2,1H3,(H,16,17)(H,18,19). The number of carboxylic acid groups (broad SMARTS) is 1. The predicted molar refractivity (Wildman–Crippen MR) is 77.2 cm³/mol. The molecule has 0 aliphatic carbocycles. The van der Waals surface area contributed by atoms with E-state index in [1.807, 2.05) is 19.1 Å². The van der Waals surface area contributed by atoms with E-state index in [1.165, 1.54) is 11.3 Å². The lowest BCUT2D eigenvalue weighted by Gasteiger charge is -2.04. The fraction of sp³-hybridized carbons (Fsp3) is 0.214. The maximum absolute atomic E-state index is 11.9. The van der Waals surface area contributed by atoms with Crippen molar-refractivity contribution in [1.82, 2.24) is 4.98 Å². The number of rotatable bonds is 5. The van der Waals surface area contributed by atoms with Crippen LogP contribution in [0, 0.1) is 6.92 Å². The third-order valence-corrected chi connectivity index (χ3v) is 3.67. The van der Waals surface area contributed by atoms with Gasteiger partial charge in [-0.05, 0) is 31.0 Å². The minimum absolute atomic E-state index is 0.141. The van der Waals surface area contributed by atoms with Crippen molar-refractivity contribution in [2.45, 2.75) is 19.8 Å². The van der Waals surface area contributed by atoms with Crippen LogP contribution in [0.15, 0.2) is 30.6 Å². The topological polar surface area (TPSA) is 79.3 Å². The van der Waals surface area contributed by atoms with Gasteiger partial charge in [0.2, 0.25) is 5.91 Å². The molecule has 6 heteroatoms. The molecule has 104 valence electrons. The number of carbonyl (C=O) groups excluding carboxylic acids is 1. The number of carboxylic acids is 1. The number of hydrogen-bond donors (Lipinski definition) is 2. The number of hydrogen-bond acceptors (Lipinski definition) is 4. The van der Waals surface area contributed by atoms with Gasteiger partial charge >= 0.3 is 5.97 Å². The first-order valence-corrected chi connectivity index (χ1v) is 6.90. The largest absolute Gasteiger partial charge is 0.478 e. The van der Waals surface area contributed by atoms with Crippen LogP contribution in [0.2, 0.25) is 0 Å². The van der Waals surface area contributed by atoms with Gasteiger partial charge in [0.15, 0.2) is 0 Å². The lowest BCUT2D eigenvalue weighted by molar-refractivity contribution is -0.116. The Bertz CT molecular complexity index is 623. The third kappa shape index (κ3) is 3.64. The van der Waals surface area contributed by atoms with Crippen LogP contribution in [-0.2, 0) is 11.2 Å².